The zero-order valence-corrected chi connectivity index (χ0v) is 9.48. The van der Waals surface area contributed by atoms with E-state index >= 15 is 0 Å². The van der Waals surface area contributed by atoms with Crippen LogP contribution in [0.5, 0.6) is 0 Å². The van der Waals surface area contributed by atoms with Gasteiger partial charge >= 0.3 is 0 Å². The molecule has 14 heavy (non-hydrogen) atoms. The Morgan fingerprint density at radius 1 is 1.29 bits per heavy atom. The molecular weight excluding hydrogens is 186 g/mol. The standard InChI is InChI=1S/C8H16F2N2.C2H6/c1-5-3-4-6(8(2,9)10)12-7(5)11;1-2/h5-7,12H,3-4,11H2,1-2H3;1-2H3. The van der Waals surface area contributed by atoms with E-state index in [1.54, 1.807) is 0 Å². The van der Waals surface area contributed by atoms with Gasteiger partial charge in [0.2, 0.25) is 0 Å². The van der Waals surface area contributed by atoms with Crippen LogP contribution >= 0.6 is 0 Å². The fourth-order valence-electron chi connectivity index (χ4n) is 1.49. The summed E-state index contributed by atoms with van der Waals surface area (Å²) in [7, 11) is 0. The molecule has 3 atom stereocenters. The van der Waals surface area contributed by atoms with Crippen molar-refractivity contribution in [3.05, 3.63) is 0 Å². The van der Waals surface area contributed by atoms with Gasteiger partial charge in [0.1, 0.15) is 0 Å². The quantitative estimate of drug-likeness (QED) is 0.694. The Balaban J connectivity index is 0.000000791. The van der Waals surface area contributed by atoms with Crippen LogP contribution in [0.4, 0.5) is 8.78 Å². The minimum Gasteiger partial charge on any atom is -0.316 e. The lowest BCUT2D eigenvalue weighted by molar-refractivity contribution is -0.0377. The Morgan fingerprint density at radius 2 is 1.79 bits per heavy atom. The highest BCUT2D eigenvalue weighted by Crippen LogP contribution is 2.27. The van der Waals surface area contributed by atoms with E-state index < -0.39 is 12.0 Å². The third-order valence-corrected chi connectivity index (χ3v) is 2.53. The predicted octanol–water partition coefficient (Wildman–Crippen LogP) is 2.34. The summed E-state index contributed by atoms with van der Waals surface area (Å²) in [5.74, 6) is -2.36. The number of hydrogen-bond donors (Lipinski definition) is 2. The molecule has 1 aliphatic heterocycles. The summed E-state index contributed by atoms with van der Waals surface area (Å²) in [5.41, 5.74) is 5.62. The van der Waals surface area contributed by atoms with Gasteiger partial charge in [0.15, 0.2) is 0 Å². The highest BCUT2D eigenvalue weighted by Gasteiger charge is 2.38. The van der Waals surface area contributed by atoms with Gasteiger partial charge in [-0.2, -0.15) is 0 Å². The Bertz CT molecular complexity index is 157. The van der Waals surface area contributed by atoms with Crippen LogP contribution in [0.15, 0.2) is 0 Å². The van der Waals surface area contributed by atoms with Crippen molar-refractivity contribution in [2.75, 3.05) is 0 Å². The molecule has 0 aromatic carbocycles. The number of alkyl halides is 2. The topological polar surface area (TPSA) is 38.0 Å². The molecule has 4 heteroatoms. The van der Waals surface area contributed by atoms with E-state index in [4.69, 9.17) is 5.73 Å². The molecule has 0 saturated carbocycles. The molecule has 0 aromatic rings. The molecule has 0 aliphatic carbocycles. The van der Waals surface area contributed by atoms with Crippen LogP contribution in [0.1, 0.15) is 40.5 Å². The smallest absolute Gasteiger partial charge is 0.260 e. The van der Waals surface area contributed by atoms with Crippen LogP contribution in [0.2, 0.25) is 0 Å². The Kier molecular flexibility index (Phi) is 5.52. The zero-order valence-electron chi connectivity index (χ0n) is 9.48. The third kappa shape index (κ3) is 3.88. The number of halogens is 2. The van der Waals surface area contributed by atoms with E-state index in [1.165, 1.54) is 0 Å². The Labute approximate surface area is 85.2 Å². The molecule has 3 N–H and O–H groups in total. The first-order chi connectivity index (χ1) is 6.41. The van der Waals surface area contributed by atoms with Crippen LogP contribution in [0.25, 0.3) is 0 Å². The van der Waals surface area contributed by atoms with Gasteiger partial charge in [-0.3, -0.25) is 5.32 Å². The van der Waals surface area contributed by atoms with Crippen molar-refractivity contribution < 1.29 is 8.78 Å². The van der Waals surface area contributed by atoms with Gasteiger partial charge in [-0.15, -0.1) is 0 Å². The van der Waals surface area contributed by atoms with Crippen molar-refractivity contribution in [1.29, 1.82) is 0 Å². The summed E-state index contributed by atoms with van der Waals surface area (Å²) in [6.45, 7) is 6.91. The number of hydrogen-bond acceptors (Lipinski definition) is 2. The van der Waals surface area contributed by atoms with Crippen molar-refractivity contribution in [3.63, 3.8) is 0 Å². The molecule has 1 aliphatic rings. The molecule has 1 heterocycles. The van der Waals surface area contributed by atoms with Crippen molar-refractivity contribution >= 4 is 0 Å². The van der Waals surface area contributed by atoms with Gasteiger partial charge in [0.05, 0.1) is 12.2 Å². The fraction of sp³-hybridized carbons (Fsp3) is 1.00. The third-order valence-electron chi connectivity index (χ3n) is 2.53. The van der Waals surface area contributed by atoms with E-state index in [9.17, 15) is 8.78 Å². The summed E-state index contributed by atoms with van der Waals surface area (Å²) < 4.78 is 25.6. The maximum absolute atomic E-state index is 12.8. The minimum absolute atomic E-state index is 0.283. The number of rotatable bonds is 1. The highest BCUT2D eigenvalue weighted by molar-refractivity contribution is 4.87. The lowest BCUT2D eigenvalue weighted by Gasteiger charge is -2.36. The van der Waals surface area contributed by atoms with Crippen molar-refractivity contribution in [3.8, 4) is 0 Å². The first-order valence-electron chi connectivity index (χ1n) is 5.30. The highest BCUT2D eigenvalue weighted by atomic mass is 19.3. The summed E-state index contributed by atoms with van der Waals surface area (Å²) in [5, 5.41) is 2.73. The van der Waals surface area contributed by atoms with E-state index in [0.29, 0.717) is 12.3 Å². The van der Waals surface area contributed by atoms with Crippen LogP contribution in [0, 0.1) is 5.92 Å². The molecule has 1 saturated heterocycles. The molecule has 0 aromatic heterocycles. The van der Waals surface area contributed by atoms with Crippen LogP contribution in [-0.4, -0.2) is 18.1 Å². The molecule has 86 valence electrons. The van der Waals surface area contributed by atoms with Crippen molar-refractivity contribution in [2.24, 2.45) is 11.7 Å². The summed E-state index contributed by atoms with van der Waals surface area (Å²) in [6.07, 6.45) is 1.01. The Hall–Kier alpha value is -0.220. The van der Waals surface area contributed by atoms with E-state index in [0.717, 1.165) is 13.3 Å². The largest absolute Gasteiger partial charge is 0.316 e. The van der Waals surface area contributed by atoms with Crippen molar-refractivity contribution in [1.82, 2.24) is 5.32 Å². The zero-order chi connectivity index (χ0) is 11.4. The monoisotopic (exact) mass is 208 g/mol. The van der Waals surface area contributed by atoms with E-state index in [-0.39, 0.29) is 6.17 Å². The normalized spacial score (nSPS) is 33.2. The average molecular weight is 208 g/mol. The second-order valence-corrected chi connectivity index (χ2v) is 3.76. The fourth-order valence-corrected chi connectivity index (χ4v) is 1.49. The van der Waals surface area contributed by atoms with Gasteiger partial charge in [0, 0.05) is 6.92 Å². The van der Waals surface area contributed by atoms with Gasteiger partial charge in [-0.05, 0) is 18.8 Å². The SMILES string of the molecule is CC.CC1CCC(C(C)(F)F)NC1N. The van der Waals surface area contributed by atoms with Gasteiger partial charge in [-0.25, -0.2) is 8.78 Å². The first kappa shape index (κ1) is 13.8. The Morgan fingerprint density at radius 3 is 2.14 bits per heavy atom. The number of piperidine rings is 1. The second kappa shape index (κ2) is 5.61. The second-order valence-electron chi connectivity index (χ2n) is 3.76. The maximum atomic E-state index is 12.8. The lowest BCUT2D eigenvalue weighted by Crippen LogP contribution is -2.57. The summed E-state index contributed by atoms with van der Waals surface area (Å²) in [4.78, 5) is 0. The van der Waals surface area contributed by atoms with Crippen LogP contribution < -0.4 is 11.1 Å². The van der Waals surface area contributed by atoms with Gasteiger partial charge in [0.25, 0.3) is 5.92 Å². The predicted molar refractivity (Wildman–Crippen MR) is 55.3 cm³/mol. The van der Waals surface area contributed by atoms with Crippen LogP contribution in [-0.2, 0) is 0 Å². The number of nitrogens with two attached hydrogens (primary N) is 1. The molecule has 0 amide bonds. The maximum Gasteiger partial charge on any atom is 0.260 e. The molecule has 0 radical (unpaired) electrons. The summed E-state index contributed by atoms with van der Waals surface area (Å²) in [6, 6.07) is -0.747. The first-order valence-corrected chi connectivity index (χ1v) is 5.30. The summed E-state index contributed by atoms with van der Waals surface area (Å²) >= 11 is 0. The number of nitrogens with one attached hydrogen (secondary N) is 1. The molecular formula is C10H22F2N2. The molecule has 2 nitrogen and oxygen atoms in total. The molecule has 3 unspecified atom stereocenters. The van der Waals surface area contributed by atoms with Crippen molar-refractivity contribution in [2.45, 2.75) is 58.7 Å². The van der Waals surface area contributed by atoms with E-state index in [2.05, 4.69) is 5.32 Å². The average Bonchev–Trinajstić information content (AvgIpc) is 2.11. The minimum atomic E-state index is -2.66. The van der Waals surface area contributed by atoms with E-state index in [1.807, 2.05) is 20.8 Å². The van der Waals surface area contributed by atoms with Crippen LogP contribution in [0.3, 0.4) is 0 Å². The van der Waals surface area contributed by atoms with Gasteiger partial charge < -0.3 is 5.73 Å². The molecule has 1 rings (SSSR count). The molecule has 0 spiro atoms. The molecule has 1 fully saturated rings. The van der Waals surface area contributed by atoms with Gasteiger partial charge in [-0.1, -0.05) is 20.8 Å². The molecule has 0 bridgehead atoms. The lowest BCUT2D eigenvalue weighted by atomic mass is 9.91.